The maximum atomic E-state index is 11.9. The maximum Gasteiger partial charge on any atom is 0.240 e. The predicted octanol–water partition coefficient (Wildman–Crippen LogP) is 1.16. The average Bonchev–Trinajstić information content (AvgIpc) is 2.23. The molecule has 4 heteroatoms. The third kappa shape index (κ3) is 3.52. The van der Waals surface area contributed by atoms with Crippen LogP contribution in [0.1, 0.15) is 33.6 Å². The van der Waals surface area contributed by atoms with Gasteiger partial charge in [0.1, 0.15) is 5.92 Å². The zero-order chi connectivity index (χ0) is 12.1. The number of nitrogens with zero attached hydrogens (tertiary/aromatic N) is 2. The van der Waals surface area contributed by atoms with E-state index in [0.717, 1.165) is 6.42 Å². The van der Waals surface area contributed by atoms with Gasteiger partial charge in [-0.1, -0.05) is 13.3 Å². The lowest BCUT2D eigenvalue weighted by molar-refractivity contribution is -0.138. The topological polar surface area (TPSA) is 64.3 Å². The minimum atomic E-state index is -0.611. The van der Waals surface area contributed by atoms with Crippen LogP contribution in [0.25, 0.3) is 0 Å². The Morgan fingerprint density at radius 3 is 2.47 bits per heavy atom. The van der Waals surface area contributed by atoms with E-state index in [9.17, 15) is 4.79 Å². The highest BCUT2D eigenvalue weighted by Crippen LogP contribution is 2.17. The second-order valence-corrected chi connectivity index (χ2v) is 4.34. The van der Waals surface area contributed by atoms with Gasteiger partial charge in [0.05, 0.1) is 18.2 Å². The Morgan fingerprint density at radius 1 is 1.60 bits per heavy atom. The Balaban J connectivity index is 4.63. The highest BCUT2D eigenvalue weighted by molar-refractivity contribution is 5.81. The van der Waals surface area contributed by atoms with E-state index in [1.807, 2.05) is 13.0 Å². The van der Waals surface area contributed by atoms with Crippen molar-refractivity contribution in [1.29, 1.82) is 5.26 Å². The Labute approximate surface area is 91.5 Å². The molecule has 0 spiro atoms. The highest BCUT2D eigenvalue weighted by Gasteiger charge is 2.31. The quantitative estimate of drug-likeness (QED) is 0.743. The Morgan fingerprint density at radius 2 is 2.13 bits per heavy atom. The summed E-state index contributed by atoms with van der Waals surface area (Å²) in [5.41, 5.74) is -0.611. The summed E-state index contributed by atoms with van der Waals surface area (Å²) in [5.74, 6) is -0.802. The van der Waals surface area contributed by atoms with Gasteiger partial charge >= 0.3 is 0 Å². The minimum absolute atomic E-state index is 0.112. The molecule has 1 unspecified atom stereocenters. The molecule has 86 valence electrons. The SMILES string of the molecule is CCCC(C#N)C(=O)N(C)C(C)(C)CO. The third-order valence-electron chi connectivity index (χ3n) is 2.66. The number of likely N-dealkylation sites (N-methyl/N-ethyl adjacent to an activating group) is 1. The molecule has 0 saturated heterocycles. The summed E-state index contributed by atoms with van der Waals surface area (Å²) >= 11 is 0. The van der Waals surface area contributed by atoms with Crippen LogP contribution in [-0.4, -0.2) is 35.1 Å². The first-order chi connectivity index (χ1) is 6.90. The second-order valence-electron chi connectivity index (χ2n) is 4.34. The van der Waals surface area contributed by atoms with Crippen LogP contribution < -0.4 is 0 Å². The molecular weight excluding hydrogens is 192 g/mol. The maximum absolute atomic E-state index is 11.9. The molecule has 0 aliphatic carbocycles. The lowest BCUT2D eigenvalue weighted by Gasteiger charge is -2.35. The summed E-state index contributed by atoms with van der Waals surface area (Å²) in [7, 11) is 1.62. The highest BCUT2D eigenvalue weighted by atomic mass is 16.3. The van der Waals surface area contributed by atoms with Crippen molar-refractivity contribution in [1.82, 2.24) is 4.90 Å². The molecule has 0 bridgehead atoms. The van der Waals surface area contributed by atoms with E-state index in [1.165, 1.54) is 4.90 Å². The van der Waals surface area contributed by atoms with Crippen LogP contribution in [0, 0.1) is 17.2 Å². The van der Waals surface area contributed by atoms with Crippen molar-refractivity contribution in [2.75, 3.05) is 13.7 Å². The van der Waals surface area contributed by atoms with E-state index in [4.69, 9.17) is 10.4 Å². The van der Waals surface area contributed by atoms with Crippen molar-refractivity contribution >= 4 is 5.91 Å². The van der Waals surface area contributed by atoms with Crippen molar-refractivity contribution in [2.45, 2.75) is 39.2 Å². The van der Waals surface area contributed by atoms with Gasteiger partial charge in [0.2, 0.25) is 5.91 Å². The first-order valence-corrected chi connectivity index (χ1v) is 5.18. The molecular formula is C11H20N2O2. The number of amides is 1. The average molecular weight is 212 g/mol. The van der Waals surface area contributed by atoms with E-state index in [0.29, 0.717) is 6.42 Å². The molecule has 0 fully saturated rings. The fourth-order valence-electron chi connectivity index (χ4n) is 1.17. The standard InChI is InChI=1S/C11H20N2O2/c1-5-6-9(7-12)10(15)13(4)11(2,3)8-14/h9,14H,5-6,8H2,1-4H3. The number of nitriles is 1. The number of aliphatic hydroxyl groups is 1. The van der Waals surface area contributed by atoms with Gasteiger partial charge in [0, 0.05) is 7.05 Å². The summed E-state index contributed by atoms with van der Waals surface area (Å²) < 4.78 is 0. The Kier molecular flexibility index (Phi) is 5.31. The van der Waals surface area contributed by atoms with E-state index in [2.05, 4.69) is 0 Å². The van der Waals surface area contributed by atoms with Crippen LogP contribution in [0.3, 0.4) is 0 Å². The van der Waals surface area contributed by atoms with Crippen LogP contribution in [0.2, 0.25) is 0 Å². The van der Waals surface area contributed by atoms with Crippen LogP contribution in [-0.2, 0) is 4.79 Å². The van der Waals surface area contributed by atoms with Crippen molar-refractivity contribution in [3.8, 4) is 6.07 Å². The Hall–Kier alpha value is -1.08. The normalized spacial score (nSPS) is 13.1. The van der Waals surface area contributed by atoms with Gasteiger partial charge in [-0.05, 0) is 20.3 Å². The summed E-state index contributed by atoms with van der Waals surface area (Å²) in [4.78, 5) is 13.3. The lowest BCUT2D eigenvalue weighted by atomic mass is 9.99. The van der Waals surface area contributed by atoms with E-state index in [-0.39, 0.29) is 12.5 Å². The summed E-state index contributed by atoms with van der Waals surface area (Å²) in [5, 5.41) is 18.0. The van der Waals surface area contributed by atoms with Crippen LogP contribution in [0.5, 0.6) is 0 Å². The monoisotopic (exact) mass is 212 g/mol. The van der Waals surface area contributed by atoms with Crippen LogP contribution in [0.15, 0.2) is 0 Å². The fraction of sp³-hybridized carbons (Fsp3) is 0.818. The predicted molar refractivity (Wildman–Crippen MR) is 57.9 cm³/mol. The lowest BCUT2D eigenvalue weighted by Crippen LogP contribution is -2.49. The molecule has 0 aromatic rings. The molecule has 4 nitrogen and oxygen atoms in total. The molecule has 1 amide bonds. The minimum Gasteiger partial charge on any atom is -0.394 e. The van der Waals surface area contributed by atoms with Gasteiger partial charge in [-0.25, -0.2) is 0 Å². The van der Waals surface area contributed by atoms with Crippen molar-refractivity contribution < 1.29 is 9.90 Å². The molecule has 0 rings (SSSR count). The summed E-state index contributed by atoms with van der Waals surface area (Å²) in [6, 6.07) is 2.01. The van der Waals surface area contributed by atoms with Gasteiger partial charge in [-0.2, -0.15) is 5.26 Å². The van der Waals surface area contributed by atoms with E-state index >= 15 is 0 Å². The van der Waals surface area contributed by atoms with Gasteiger partial charge in [0.15, 0.2) is 0 Å². The smallest absolute Gasteiger partial charge is 0.240 e. The number of rotatable bonds is 5. The van der Waals surface area contributed by atoms with Gasteiger partial charge < -0.3 is 10.0 Å². The first-order valence-electron chi connectivity index (χ1n) is 5.18. The molecule has 0 radical (unpaired) electrons. The number of carbonyl (C=O) groups excluding carboxylic acids is 1. The van der Waals surface area contributed by atoms with E-state index < -0.39 is 11.5 Å². The number of carbonyl (C=O) groups is 1. The molecule has 1 atom stereocenters. The molecule has 0 aromatic carbocycles. The molecule has 0 aromatic heterocycles. The molecule has 0 saturated carbocycles. The number of aliphatic hydroxyl groups excluding tert-OH is 1. The molecule has 0 aliphatic heterocycles. The second kappa shape index (κ2) is 5.72. The van der Waals surface area contributed by atoms with Gasteiger partial charge in [-0.15, -0.1) is 0 Å². The van der Waals surface area contributed by atoms with Crippen molar-refractivity contribution in [2.24, 2.45) is 5.92 Å². The molecule has 0 heterocycles. The fourth-order valence-corrected chi connectivity index (χ4v) is 1.17. The van der Waals surface area contributed by atoms with E-state index in [1.54, 1.807) is 20.9 Å². The van der Waals surface area contributed by atoms with Crippen LogP contribution in [0.4, 0.5) is 0 Å². The van der Waals surface area contributed by atoms with Gasteiger partial charge in [0.25, 0.3) is 0 Å². The zero-order valence-corrected chi connectivity index (χ0v) is 9.95. The first kappa shape index (κ1) is 13.9. The van der Waals surface area contributed by atoms with Crippen LogP contribution >= 0.6 is 0 Å². The third-order valence-corrected chi connectivity index (χ3v) is 2.66. The number of hydrogen-bond donors (Lipinski definition) is 1. The van der Waals surface area contributed by atoms with Gasteiger partial charge in [-0.3, -0.25) is 4.79 Å². The largest absolute Gasteiger partial charge is 0.394 e. The van der Waals surface area contributed by atoms with Crippen molar-refractivity contribution in [3.05, 3.63) is 0 Å². The number of hydrogen-bond acceptors (Lipinski definition) is 3. The Bertz CT molecular complexity index is 256. The molecule has 15 heavy (non-hydrogen) atoms. The zero-order valence-electron chi connectivity index (χ0n) is 9.95. The summed E-state index contributed by atoms with van der Waals surface area (Å²) in [6.07, 6.45) is 1.37. The summed E-state index contributed by atoms with van der Waals surface area (Å²) in [6.45, 7) is 5.37. The molecule has 0 aliphatic rings. The molecule has 1 N–H and O–H groups in total. The van der Waals surface area contributed by atoms with Crippen molar-refractivity contribution in [3.63, 3.8) is 0 Å².